The van der Waals surface area contributed by atoms with Crippen LogP contribution in [0.2, 0.25) is 0 Å². The topological polar surface area (TPSA) is 65.8 Å². The highest BCUT2D eigenvalue weighted by Crippen LogP contribution is 2.38. The van der Waals surface area contributed by atoms with Gasteiger partial charge in [0.2, 0.25) is 11.7 Å². The summed E-state index contributed by atoms with van der Waals surface area (Å²) in [4.78, 5) is 18.5. The molecular weight excluding hydrogens is 358 g/mol. The zero-order valence-electron chi connectivity index (χ0n) is 16.6. The first-order valence-electron chi connectivity index (χ1n) is 9.37. The van der Waals surface area contributed by atoms with E-state index in [9.17, 15) is 4.79 Å². The standard InChI is InChI=1S/C21H27N3O4/c1-26-18-12-17(13-19(27-2)21(18)28-3)4-5-20(25)24-9-6-16(7-10-24)14-23-11-8-22-15-23/h4-5,8,11-13,15-16H,6-7,9-10,14H2,1-3H3/b5-4+. The minimum atomic E-state index is 0.0230. The van der Waals surface area contributed by atoms with Gasteiger partial charge in [-0.15, -0.1) is 0 Å². The molecule has 0 saturated carbocycles. The summed E-state index contributed by atoms with van der Waals surface area (Å²) in [7, 11) is 4.71. The van der Waals surface area contributed by atoms with Gasteiger partial charge in [-0.2, -0.15) is 0 Å². The van der Waals surface area contributed by atoms with E-state index < -0.39 is 0 Å². The molecule has 1 aromatic carbocycles. The Hall–Kier alpha value is -2.96. The number of nitrogens with zero attached hydrogens (tertiary/aromatic N) is 3. The minimum absolute atomic E-state index is 0.0230. The molecule has 1 fully saturated rings. The van der Waals surface area contributed by atoms with Crippen LogP contribution in [0, 0.1) is 5.92 Å². The summed E-state index contributed by atoms with van der Waals surface area (Å²) in [5.74, 6) is 2.27. The van der Waals surface area contributed by atoms with Crippen LogP contribution in [0.4, 0.5) is 0 Å². The number of hydrogen-bond donors (Lipinski definition) is 0. The van der Waals surface area contributed by atoms with E-state index in [2.05, 4.69) is 9.55 Å². The second kappa shape index (κ2) is 9.30. The number of piperidine rings is 1. The van der Waals surface area contributed by atoms with Crippen molar-refractivity contribution in [1.82, 2.24) is 14.5 Å². The van der Waals surface area contributed by atoms with E-state index in [-0.39, 0.29) is 5.91 Å². The second-order valence-corrected chi connectivity index (χ2v) is 6.82. The summed E-state index contributed by atoms with van der Waals surface area (Å²) >= 11 is 0. The largest absolute Gasteiger partial charge is 0.493 e. The molecule has 0 aliphatic carbocycles. The maximum atomic E-state index is 12.6. The number of carbonyl (C=O) groups is 1. The second-order valence-electron chi connectivity index (χ2n) is 6.82. The van der Waals surface area contributed by atoms with Crippen LogP contribution in [0.5, 0.6) is 17.2 Å². The van der Waals surface area contributed by atoms with Gasteiger partial charge in [0.05, 0.1) is 27.7 Å². The maximum Gasteiger partial charge on any atom is 0.246 e. The summed E-state index contributed by atoms with van der Waals surface area (Å²) in [5, 5.41) is 0. The van der Waals surface area contributed by atoms with Crippen LogP contribution in [0.1, 0.15) is 18.4 Å². The molecular formula is C21H27N3O4. The molecule has 7 heteroatoms. The fourth-order valence-electron chi connectivity index (χ4n) is 3.50. The van der Waals surface area contributed by atoms with Crippen molar-refractivity contribution in [2.45, 2.75) is 19.4 Å². The fraction of sp³-hybridized carbons (Fsp3) is 0.429. The molecule has 2 heterocycles. The van der Waals surface area contributed by atoms with Gasteiger partial charge >= 0.3 is 0 Å². The summed E-state index contributed by atoms with van der Waals surface area (Å²) in [6, 6.07) is 3.64. The molecule has 1 saturated heterocycles. The molecule has 0 bridgehead atoms. The lowest BCUT2D eigenvalue weighted by Gasteiger charge is -2.31. The van der Waals surface area contributed by atoms with Crippen molar-refractivity contribution in [3.63, 3.8) is 0 Å². The highest BCUT2D eigenvalue weighted by atomic mass is 16.5. The summed E-state index contributed by atoms with van der Waals surface area (Å²) in [6.45, 7) is 2.51. The third-order valence-electron chi connectivity index (χ3n) is 5.06. The van der Waals surface area contributed by atoms with Gasteiger partial charge in [0.15, 0.2) is 11.5 Å². The van der Waals surface area contributed by atoms with Crippen molar-refractivity contribution in [2.75, 3.05) is 34.4 Å². The molecule has 0 spiro atoms. The molecule has 1 aliphatic heterocycles. The quantitative estimate of drug-likeness (QED) is 0.686. The summed E-state index contributed by atoms with van der Waals surface area (Å²) in [5.41, 5.74) is 0.817. The molecule has 3 rings (SSSR count). The molecule has 1 aliphatic rings. The lowest BCUT2D eigenvalue weighted by Crippen LogP contribution is -2.38. The third-order valence-corrected chi connectivity index (χ3v) is 5.06. The van der Waals surface area contributed by atoms with Gasteiger partial charge in [0.25, 0.3) is 0 Å². The van der Waals surface area contributed by atoms with Crippen molar-refractivity contribution >= 4 is 12.0 Å². The van der Waals surface area contributed by atoms with Gasteiger partial charge in [-0.05, 0) is 42.5 Å². The Balaban J connectivity index is 1.59. The first kappa shape index (κ1) is 19.8. The highest BCUT2D eigenvalue weighted by molar-refractivity contribution is 5.92. The van der Waals surface area contributed by atoms with Crippen LogP contribution in [0.15, 0.2) is 36.9 Å². The van der Waals surface area contributed by atoms with E-state index in [1.165, 1.54) is 0 Å². The average molecular weight is 385 g/mol. The first-order chi connectivity index (χ1) is 13.6. The number of amides is 1. The number of rotatable bonds is 7. The van der Waals surface area contributed by atoms with Crippen LogP contribution < -0.4 is 14.2 Å². The predicted molar refractivity (Wildman–Crippen MR) is 107 cm³/mol. The van der Waals surface area contributed by atoms with E-state index in [0.717, 1.165) is 38.0 Å². The van der Waals surface area contributed by atoms with Gasteiger partial charge in [0, 0.05) is 38.1 Å². The zero-order valence-corrected chi connectivity index (χ0v) is 16.6. The number of benzene rings is 1. The summed E-state index contributed by atoms with van der Waals surface area (Å²) in [6.07, 6.45) is 11.0. The number of aromatic nitrogens is 2. The van der Waals surface area contributed by atoms with Crippen molar-refractivity contribution in [3.05, 3.63) is 42.5 Å². The molecule has 0 unspecified atom stereocenters. The van der Waals surface area contributed by atoms with Crippen LogP contribution in [-0.2, 0) is 11.3 Å². The molecule has 150 valence electrons. The predicted octanol–water partition coefficient (Wildman–Crippen LogP) is 2.86. The van der Waals surface area contributed by atoms with Crippen LogP contribution >= 0.6 is 0 Å². The van der Waals surface area contributed by atoms with E-state index >= 15 is 0 Å². The highest BCUT2D eigenvalue weighted by Gasteiger charge is 2.21. The molecule has 0 radical (unpaired) electrons. The lowest BCUT2D eigenvalue weighted by atomic mass is 9.96. The van der Waals surface area contributed by atoms with Crippen LogP contribution in [0.25, 0.3) is 6.08 Å². The molecule has 7 nitrogen and oxygen atoms in total. The molecule has 0 N–H and O–H groups in total. The van der Waals surface area contributed by atoms with Crippen molar-refractivity contribution in [3.8, 4) is 17.2 Å². The number of hydrogen-bond acceptors (Lipinski definition) is 5. The number of carbonyl (C=O) groups excluding carboxylic acids is 1. The number of likely N-dealkylation sites (tertiary alicyclic amines) is 1. The minimum Gasteiger partial charge on any atom is -0.493 e. The fourth-order valence-corrected chi connectivity index (χ4v) is 3.50. The van der Waals surface area contributed by atoms with E-state index in [4.69, 9.17) is 14.2 Å². The van der Waals surface area contributed by atoms with Gasteiger partial charge in [-0.25, -0.2) is 4.98 Å². The SMILES string of the molecule is COc1cc(/C=C/C(=O)N2CCC(Cn3ccnc3)CC2)cc(OC)c1OC. The van der Waals surface area contributed by atoms with Crippen molar-refractivity contribution in [2.24, 2.45) is 5.92 Å². The average Bonchev–Trinajstić information content (AvgIpc) is 3.24. The normalized spacial score (nSPS) is 15.0. The molecule has 28 heavy (non-hydrogen) atoms. The Morgan fingerprint density at radius 2 is 1.82 bits per heavy atom. The van der Waals surface area contributed by atoms with Gasteiger partial charge in [0.1, 0.15) is 0 Å². The van der Waals surface area contributed by atoms with Crippen LogP contribution in [0.3, 0.4) is 0 Å². The maximum absolute atomic E-state index is 12.6. The molecule has 0 atom stereocenters. The third kappa shape index (κ3) is 4.65. The molecule has 1 aromatic heterocycles. The van der Waals surface area contributed by atoms with Crippen LogP contribution in [-0.4, -0.2) is 54.8 Å². The van der Waals surface area contributed by atoms with Crippen molar-refractivity contribution in [1.29, 1.82) is 0 Å². The monoisotopic (exact) mass is 385 g/mol. The summed E-state index contributed by atoms with van der Waals surface area (Å²) < 4.78 is 18.1. The van der Waals surface area contributed by atoms with E-state index in [0.29, 0.717) is 23.2 Å². The number of methoxy groups -OCH3 is 3. The molecule has 2 aromatic rings. The van der Waals surface area contributed by atoms with E-state index in [1.807, 2.05) is 29.6 Å². The van der Waals surface area contributed by atoms with Gasteiger partial charge in [-0.1, -0.05) is 0 Å². The molecule has 1 amide bonds. The Labute approximate surface area is 165 Å². The number of ether oxygens (including phenoxy) is 3. The van der Waals surface area contributed by atoms with Gasteiger partial charge < -0.3 is 23.7 Å². The number of imidazole rings is 1. The van der Waals surface area contributed by atoms with Crippen molar-refractivity contribution < 1.29 is 19.0 Å². The lowest BCUT2D eigenvalue weighted by molar-refractivity contribution is -0.127. The zero-order chi connectivity index (χ0) is 19.9. The Bertz CT molecular complexity index is 784. The smallest absolute Gasteiger partial charge is 0.246 e. The Morgan fingerprint density at radius 3 is 2.36 bits per heavy atom. The van der Waals surface area contributed by atoms with E-state index in [1.54, 1.807) is 39.7 Å². The van der Waals surface area contributed by atoms with Gasteiger partial charge in [-0.3, -0.25) is 4.79 Å². The Morgan fingerprint density at radius 1 is 1.14 bits per heavy atom. The Kier molecular flexibility index (Phi) is 6.57. The first-order valence-corrected chi connectivity index (χ1v) is 9.37.